The summed E-state index contributed by atoms with van der Waals surface area (Å²) in [6.45, 7) is 0.0328. The molecule has 1 aromatic rings. The maximum absolute atomic E-state index is 13.2. The summed E-state index contributed by atoms with van der Waals surface area (Å²) in [7, 11) is 0. The number of rotatable bonds is 5. The van der Waals surface area contributed by atoms with Crippen molar-refractivity contribution >= 4 is 22.4 Å². The SMILES string of the molecule is O=C(NCC1CCCN1c1nccs1)C(F)(F)C(F)(F)C(F)(F)F. The second kappa shape index (κ2) is 6.37. The van der Waals surface area contributed by atoms with Gasteiger partial charge in [0, 0.05) is 30.7 Å². The van der Waals surface area contributed by atoms with Gasteiger partial charge >= 0.3 is 18.0 Å². The Labute approximate surface area is 135 Å². The molecule has 0 aliphatic carbocycles. The zero-order valence-electron chi connectivity index (χ0n) is 11.9. The Morgan fingerprint density at radius 2 is 1.96 bits per heavy atom. The Hall–Kier alpha value is -1.59. The van der Waals surface area contributed by atoms with E-state index in [1.54, 1.807) is 10.3 Å². The molecule has 0 spiro atoms. The van der Waals surface area contributed by atoms with Gasteiger partial charge in [-0.2, -0.15) is 30.7 Å². The Kier molecular flexibility index (Phi) is 4.98. The van der Waals surface area contributed by atoms with Crippen LogP contribution in [0.1, 0.15) is 12.8 Å². The highest BCUT2D eigenvalue weighted by Crippen LogP contribution is 2.46. The second-order valence-corrected chi connectivity index (χ2v) is 6.03. The van der Waals surface area contributed by atoms with Crippen LogP contribution in [0.5, 0.6) is 0 Å². The molecule has 1 N–H and O–H groups in total. The Bertz CT molecular complexity index is 576. The van der Waals surface area contributed by atoms with Gasteiger partial charge in [0.25, 0.3) is 5.91 Å². The minimum absolute atomic E-state index is 0.459. The van der Waals surface area contributed by atoms with Crippen LogP contribution in [0.25, 0.3) is 0 Å². The zero-order valence-corrected chi connectivity index (χ0v) is 12.7. The van der Waals surface area contributed by atoms with Gasteiger partial charge in [-0.05, 0) is 12.8 Å². The van der Waals surface area contributed by atoms with Gasteiger partial charge in [0.2, 0.25) is 0 Å². The Balaban J connectivity index is 2.02. The number of thiazole rings is 1. The standard InChI is InChI=1S/C12H12F7N3OS/c13-10(14,11(15,16)12(17,18)19)8(23)21-6-7-2-1-4-22(7)9-20-3-5-24-9/h3,5,7H,1-2,4,6H2,(H,21,23). The van der Waals surface area contributed by atoms with Crippen LogP contribution in [0.3, 0.4) is 0 Å². The van der Waals surface area contributed by atoms with Crippen LogP contribution in [0, 0.1) is 0 Å². The topological polar surface area (TPSA) is 45.2 Å². The van der Waals surface area contributed by atoms with E-state index in [-0.39, 0.29) is 0 Å². The van der Waals surface area contributed by atoms with E-state index in [4.69, 9.17) is 0 Å². The Morgan fingerprint density at radius 1 is 1.29 bits per heavy atom. The number of carbonyl (C=O) groups excluding carboxylic acids is 1. The maximum Gasteiger partial charge on any atom is 0.460 e. The van der Waals surface area contributed by atoms with E-state index in [0.29, 0.717) is 24.5 Å². The molecule has 136 valence electrons. The highest BCUT2D eigenvalue weighted by Gasteiger charge is 2.76. The Morgan fingerprint density at radius 3 is 2.50 bits per heavy atom. The molecule has 24 heavy (non-hydrogen) atoms. The summed E-state index contributed by atoms with van der Waals surface area (Å²) in [5, 5.41) is 3.72. The predicted octanol–water partition coefficient (Wildman–Crippen LogP) is 3.06. The molecule has 1 unspecified atom stereocenters. The van der Waals surface area contributed by atoms with Crippen molar-refractivity contribution < 1.29 is 35.5 Å². The number of hydrogen-bond acceptors (Lipinski definition) is 4. The van der Waals surface area contributed by atoms with E-state index >= 15 is 0 Å². The van der Waals surface area contributed by atoms with Crippen molar-refractivity contribution in [3.05, 3.63) is 11.6 Å². The fraction of sp³-hybridized carbons (Fsp3) is 0.667. The molecule has 12 heteroatoms. The first-order valence-corrected chi connectivity index (χ1v) is 7.63. The predicted molar refractivity (Wildman–Crippen MR) is 71.4 cm³/mol. The number of aromatic nitrogens is 1. The summed E-state index contributed by atoms with van der Waals surface area (Å²) in [6, 6.07) is -0.504. The third-order valence-electron chi connectivity index (χ3n) is 3.58. The fourth-order valence-electron chi connectivity index (χ4n) is 2.30. The summed E-state index contributed by atoms with van der Waals surface area (Å²) in [5.41, 5.74) is 0. The summed E-state index contributed by atoms with van der Waals surface area (Å²) in [5.74, 6) is -15.0. The van der Waals surface area contributed by atoms with Crippen LogP contribution in [-0.2, 0) is 4.79 Å². The molecule has 1 aromatic heterocycles. The minimum Gasteiger partial charge on any atom is -0.349 e. The van der Waals surface area contributed by atoms with Crippen LogP contribution in [0.2, 0.25) is 0 Å². The van der Waals surface area contributed by atoms with Crippen molar-refractivity contribution in [2.24, 2.45) is 0 Å². The maximum atomic E-state index is 13.2. The van der Waals surface area contributed by atoms with E-state index in [2.05, 4.69) is 4.98 Å². The minimum atomic E-state index is -6.53. The van der Waals surface area contributed by atoms with Gasteiger partial charge in [-0.1, -0.05) is 0 Å². The lowest BCUT2D eigenvalue weighted by Crippen LogP contribution is -2.60. The first-order chi connectivity index (χ1) is 11.0. The van der Waals surface area contributed by atoms with Crippen LogP contribution in [-0.4, -0.2) is 48.0 Å². The van der Waals surface area contributed by atoms with E-state index in [0.717, 1.165) is 0 Å². The summed E-state index contributed by atoms with van der Waals surface area (Å²) in [4.78, 5) is 16.9. The lowest BCUT2D eigenvalue weighted by Gasteiger charge is -2.29. The molecule has 0 bridgehead atoms. The number of nitrogens with zero attached hydrogens (tertiary/aromatic N) is 2. The van der Waals surface area contributed by atoms with Crippen LogP contribution >= 0.6 is 11.3 Å². The lowest BCUT2D eigenvalue weighted by molar-refractivity contribution is -0.344. The van der Waals surface area contributed by atoms with Gasteiger partial charge in [-0.3, -0.25) is 4.79 Å². The van der Waals surface area contributed by atoms with Crippen LogP contribution in [0.4, 0.5) is 35.9 Å². The summed E-state index contributed by atoms with van der Waals surface area (Å²) in [6.07, 6.45) is -3.92. The van der Waals surface area contributed by atoms with E-state index in [1.807, 2.05) is 0 Å². The lowest BCUT2D eigenvalue weighted by atomic mass is 10.1. The summed E-state index contributed by atoms with van der Waals surface area (Å²) >= 11 is 1.26. The van der Waals surface area contributed by atoms with Gasteiger partial charge in [0.15, 0.2) is 5.13 Å². The van der Waals surface area contributed by atoms with E-state index in [1.165, 1.54) is 22.9 Å². The number of carbonyl (C=O) groups is 1. The van der Waals surface area contributed by atoms with Gasteiger partial charge in [-0.15, -0.1) is 11.3 Å². The highest BCUT2D eigenvalue weighted by molar-refractivity contribution is 7.13. The number of hydrogen-bond donors (Lipinski definition) is 1. The largest absolute Gasteiger partial charge is 0.460 e. The molecule has 1 aliphatic heterocycles. The average molecular weight is 379 g/mol. The molecule has 0 saturated carbocycles. The van der Waals surface area contributed by atoms with Crippen molar-refractivity contribution in [3.8, 4) is 0 Å². The molecule has 1 aliphatic rings. The van der Waals surface area contributed by atoms with Crippen molar-refractivity contribution in [2.75, 3.05) is 18.0 Å². The molecule has 0 radical (unpaired) electrons. The molecule has 2 rings (SSSR count). The third kappa shape index (κ3) is 3.28. The number of alkyl halides is 7. The smallest absolute Gasteiger partial charge is 0.349 e. The molecule has 1 saturated heterocycles. The average Bonchev–Trinajstić information content (AvgIpc) is 3.13. The van der Waals surface area contributed by atoms with Gasteiger partial charge in [-0.25, -0.2) is 4.98 Å². The fourth-order valence-corrected chi connectivity index (χ4v) is 3.04. The van der Waals surface area contributed by atoms with Gasteiger partial charge in [0.05, 0.1) is 0 Å². The van der Waals surface area contributed by atoms with Crippen molar-refractivity contribution in [3.63, 3.8) is 0 Å². The van der Waals surface area contributed by atoms with E-state index < -0.39 is 36.5 Å². The molecular weight excluding hydrogens is 367 g/mol. The number of amides is 1. The zero-order chi connectivity index (χ0) is 18.2. The second-order valence-electron chi connectivity index (χ2n) is 5.16. The number of nitrogens with one attached hydrogen (secondary N) is 1. The van der Waals surface area contributed by atoms with E-state index in [9.17, 15) is 35.5 Å². The van der Waals surface area contributed by atoms with Crippen molar-refractivity contribution in [1.82, 2.24) is 10.3 Å². The van der Waals surface area contributed by atoms with Gasteiger partial charge < -0.3 is 10.2 Å². The summed E-state index contributed by atoms with van der Waals surface area (Å²) < 4.78 is 88.2. The monoisotopic (exact) mass is 379 g/mol. The molecule has 4 nitrogen and oxygen atoms in total. The molecule has 2 heterocycles. The highest BCUT2D eigenvalue weighted by atomic mass is 32.1. The van der Waals surface area contributed by atoms with Crippen molar-refractivity contribution in [2.45, 2.75) is 36.9 Å². The third-order valence-corrected chi connectivity index (χ3v) is 4.38. The molecule has 1 amide bonds. The van der Waals surface area contributed by atoms with Crippen LogP contribution < -0.4 is 10.2 Å². The first-order valence-electron chi connectivity index (χ1n) is 6.75. The molecule has 1 fully saturated rings. The first kappa shape index (κ1) is 18.7. The van der Waals surface area contributed by atoms with Crippen LogP contribution in [0.15, 0.2) is 11.6 Å². The van der Waals surface area contributed by atoms with Crippen molar-refractivity contribution in [1.29, 1.82) is 0 Å². The van der Waals surface area contributed by atoms with Gasteiger partial charge in [0.1, 0.15) is 0 Å². The number of halogens is 7. The number of anilines is 1. The molecular formula is C12H12F7N3OS. The molecule has 0 aromatic carbocycles. The normalized spacial score (nSPS) is 19.6. The molecule has 1 atom stereocenters. The quantitative estimate of drug-likeness (QED) is 0.800.